The van der Waals surface area contributed by atoms with Gasteiger partial charge in [-0.05, 0) is 40.6 Å². The van der Waals surface area contributed by atoms with Crippen molar-refractivity contribution < 1.29 is 24.2 Å². The fourth-order valence-corrected chi connectivity index (χ4v) is 4.84. The Morgan fingerprint density at radius 2 is 1.61 bits per heavy atom. The zero-order valence-corrected chi connectivity index (χ0v) is 18.8. The van der Waals surface area contributed by atoms with Gasteiger partial charge in [-0.25, -0.2) is 4.79 Å². The van der Waals surface area contributed by atoms with Gasteiger partial charge in [-0.1, -0.05) is 54.6 Å². The Kier molecular flexibility index (Phi) is 6.74. The quantitative estimate of drug-likeness (QED) is 0.461. The lowest BCUT2D eigenvalue weighted by Crippen LogP contribution is -2.46. The number of alkyl carbamates (subject to hydrolysis) is 1. The molecule has 1 aliphatic rings. The van der Waals surface area contributed by atoms with Crippen molar-refractivity contribution in [1.82, 2.24) is 10.6 Å². The van der Waals surface area contributed by atoms with Crippen LogP contribution in [0.4, 0.5) is 4.79 Å². The maximum Gasteiger partial charge on any atom is 0.407 e. The van der Waals surface area contributed by atoms with Gasteiger partial charge in [-0.2, -0.15) is 0 Å². The summed E-state index contributed by atoms with van der Waals surface area (Å²) < 4.78 is 5.48. The summed E-state index contributed by atoms with van der Waals surface area (Å²) in [4.78, 5) is 36.9. The molecule has 2 aromatic carbocycles. The van der Waals surface area contributed by atoms with Crippen LogP contribution in [0.5, 0.6) is 0 Å². The van der Waals surface area contributed by atoms with Gasteiger partial charge in [0.15, 0.2) is 0 Å². The van der Waals surface area contributed by atoms with Crippen LogP contribution in [0.1, 0.15) is 41.3 Å². The first-order valence-corrected chi connectivity index (χ1v) is 11.5. The lowest BCUT2D eigenvalue weighted by molar-refractivity contribution is -0.137. The summed E-state index contributed by atoms with van der Waals surface area (Å²) in [6, 6.07) is 18.1. The Hall–Kier alpha value is -3.65. The number of thiophene rings is 1. The van der Waals surface area contributed by atoms with E-state index in [4.69, 9.17) is 9.84 Å². The van der Waals surface area contributed by atoms with E-state index in [1.165, 1.54) is 18.3 Å². The van der Waals surface area contributed by atoms with Crippen LogP contribution in [-0.2, 0) is 14.3 Å². The lowest BCUT2D eigenvalue weighted by Gasteiger charge is -2.20. The van der Waals surface area contributed by atoms with Crippen LogP contribution in [0.3, 0.4) is 0 Å². The Morgan fingerprint density at radius 1 is 0.970 bits per heavy atom. The maximum atomic E-state index is 12.6. The number of hydrogen-bond acceptors (Lipinski definition) is 5. The molecular formula is C25H24N2O5S. The first-order valence-electron chi connectivity index (χ1n) is 10.6. The van der Waals surface area contributed by atoms with Crippen molar-refractivity contribution in [2.24, 2.45) is 0 Å². The number of amides is 2. The molecule has 0 spiro atoms. The monoisotopic (exact) mass is 464 g/mol. The fourth-order valence-electron chi connectivity index (χ4n) is 4.07. The van der Waals surface area contributed by atoms with E-state index in [0.29, 0.717) is 0 Å². The van der Waals surface area contributed by atoms with Crippen molar-refractivity contribution in [1.29, 1.82) is 0 Å². The second-order valence-electron chi connectivity index (χ2n) is 7.87. The highest BCUT2D eigenvalue weighted by Crippen LogP contribution is 2.44. The highest BCUT2D eigenvalue weighted by molar-refractivity contribution is 7.10. The smallest absolute Gasteiger partial charge is 0.407 e. The fraction of sp³-hybridized carbons (Fsp3) is 0.240. The van der Waals surface area contributed by atoms with E-state index in [2.05, 4.69) is 22.8 Å². The number of hydrogen-bond donors (Lipinski definition) is 3. The van der Waals surface area contributed by atoms with Gasteiger partial charge < -0.3 is 20.5 Å². The third kappa shape index (κ3) is 5.06. The zero-order chi connectivity index (χ0) is 23.4. The number of carbonyl (C=O) groups excluding carboxylic acids is 2. The molecule has 7 nitrogen and oxygen atoms in total. The molecule has 1 unspecified atom stereocenters. The summed E-state index contributed by atoms with van der Waals surface area (Å²) >= 11 is 1.36. The summed E-state index contributed by atoms with van der Waals surface area (Å²) in [7, 11) is 0. The topological polar surface area (TPSA) is 105 Å². The summed E-state index contributed by atoms with van der Waals surface area (Å²) in [6.45, 7) is 1.67. The SMILES string of the molecule is C[C@@H](NC(=O)OCC1c2ccccc2-c2ccccc21)C(=O)NC(CC(=O)O)c1cccs1. The highest BCUT2D eigenvalue weighted by atomic mass is 32.1. The third-order valence-electron chi connectivity index (χ3n) is 5.65. The van der Waals surface area contributed by atoms with Crippen LogP contribution in [0.2, 0.25) is 0 Å². The summed E-state index contributed by atoms with van der Waals surface area (Å²) in [6.07, 6.45) is -0.949. The molecule has 3 aromatic rings. The minimum atomic E-state index is -1.02. The molecule has 0 fully saturated rings. The Morgan fingerprint density at radius 3 is 2.18 bits per heavy atom. The van der Waals surface area contributed by atoms with E-state index < -0.39 is 30.1 Å². The second kappa shape index (κ2) is 9.87. The van der Waals surface area contributed by atoms with Crippen molar-refractivity contribution >= 4 is 29.3 Å². The molecule has 170 valence electrons. The zero-order valence-electron chi connectivity index (χ0n) is 18.0. The number of ether oxygens (including phenoxy) is 1. The molecular weight excluding hydrogens is 440 g/mol. The van der Waals surface area contributed by atoms with Crippen molar-refractivity contribution in [3.63, 3.8) is 0 Å². The molecule has 1 heterocycles. The molecule has 2 atom stereocenters. The standard InChI is InChI=1S/C25H24N2O5S/c1-15(24(30)27-21(13-23(28)29)22-11-6-12-33-22)26-25(31)32-14-20-18-9-4-2-7-16(18)17-8-3-5-10-19(17)20/h2-12,15,20-21H,13-14H2,1H3,(H,26,31)(H,27,30)(H,28,29)/t15-,21?/m1/s1. The summed E-state index contributed by atoms with van der Waals surface area (Å²) in [5, 5.41) is 16.2. The van der Waals surface area contributed by atoms with Crippen LogP contribution in [0, 0.1) is 0 Å². The number of aliphatic carboxylic acids is 1. The summed E-state index contributed by atoms with van der Waals surface area (Å²) in [5.74, 6) is -1.58. The molecule has 0 aliphatic heterocycles. The number of benzene rings is 2. The van der Waals surface area contributed by atoms with Gasteiger partial charge in [0.25, 0.3) is 0 Å². The van der Waals surface area contributed by atoms with Gasteiger partial charge in [0.1, 0.15) is 12.6 Å². The summed E-state index contributed by atoms with van der Waals surface area (Å²) in [5.41, 5.74) is 4.47. The van der Waals surface area contributed by atoms with E-state index in [1.807, 2.05) is 41.8 Å². The molecule has 3 N–H and O–H groups in total. The molecule has 2 amide bonds. The van der Waals surface area contributed by atoms with E-state index in [-0.39, 0.29) is 18.9 Å². The number of nitrogens with one attached hydrogen (secondary N) is 2. The van der Waals surface area contributed by atoms with Crippen molar-refractivity contribution in [3.8, 4) is 11.1 Å². The molecule has 1 aromatic heterocycles. The maximum absolute atomic E-state index is 12.6. The molecule has 4 rings (SSSR count). The number of rotatable bonds is 8. The van der Waals surface area contributed by atoms with E-state index in [1.54, 1.807) is 12.1 Å². The first-order chi connectivity index (χ1) is 15.9. The molecule has 0 radical (unpaired) electrons. The molecule has 0 saturated carbocycles. The van der Waals surface area contributed by atoms with Crippen LogP contribution < -0.4 is 10.6 Å². The van der Waals surface area contributed by atoms with Gasteiger partial charge in [-0.15, -0.1) is 11.3 Å². The number of carbonyl (C=O) groups is 3. The van der Waals surface area contributed by atoms with Gasteiger partial charge in [0.05, 0.1) is 12.5 Å². The van der Waals surface area contributed by atoms with E-state index in [9.17, 15) is 14.4 Å². The van der Waals surface area contributed by atoms with E-state index >= 15 is 0 Å². The third-order valence-corrected chi connectivity index (χ3v) is 6.64. The minimum Gasteiger partial charge on any atom is -0.481 e. The van der Waals surface area contributed by atoms with Crippen LogP contribution in [0.15, 0.2) is 66.0 Å². The van der Waals surface area contributed by atoms with Gasteiger partial charge in [0.2, 0.25) is 5.91 Å². The number of carboxylic acid groups (broad SMARTS) is 1. The lowest BCUT2D eigenvalue weighted by atomic mass is 9.98. The Balaban J connectivity index is 1.35. The molecule has 0 bridgehead atoms. The van der Waals surface area contributed by atoms with Crippen molar-refractivity contribution in [2.75, 3.05) is 6.61 Å². The van der Waals surface area contributed by atoms with E-state index in [0.717, 1.165) is 27.1 Å². The highest BCUT2D eigenvalue weighted by Gasteiger charge is 2.29. The normalized spacial score (nSPS) is 14.0. The average Bonchev–Trinajstić information content (AvgIpc) is 3.44. The number of carboxylic acids is 1. The minimum absolute atomic E-state index is 0.0777. The predicted molar refractivity (Wildman–Crippen MR) is 125 cm³/mol. The molecule has 8 heteroatoms. The Labute approximate surface area is 195 Å². The number of fused-ring (bicyclic) bond motifs is 3. The van der Waals surface area contributed by atoms with Crippen molar-refractivity contribution in [2.45, 2.75) is 31.3 Å². The van der Waals surface area contributed by atoms with Crippen molar-refractivity contribution in [3.05, 3.63) is 82.0 Å². The predicted octanol–water partition coefficient (Wildman–Crippen LogP) is 4.31. The van der Waals surface area contributed by atoms with Gasteiger partial charge in [-0.3, -0.25) is 9.59 Å². The second-order valence-corrected chi connectivity index (χ2v) is 8.85. The Bertz CT molecular complexity index is 1120. The van der Waals surface area contributed by atoms with Crippen LogP contribution in [-0.4, -0.2) is 35.7 Å². The van der Waals surface area contributed by atoms with Crippen LogP contribution in [0.25, 0.3) is 11.1 Å². The molecule has 33 heavy (non-hydrogen) atoms. The largest absolute Gasteiger partial charge is 0.481 e. The molecule has 1 aliphatic carbocycles. The molecule has 0 saturated heterocycles. The van der Waals surface area contributed by atoms with Crippen LogP contribution >= 0.6 is 11.3 Å². The van der Waals surface area contributed by atoms with Gasteiger partial charge in [0, 0.05) is 10.8 Å². The first kappa shape index (κ1) is 22.5. The van der Waals surface area contributed by atoms with Gasteiger partial charge >= 0.3 is 12.1 Å². The average molecular weight is 465 g/mol.